The van der Waals surface area contributed by atoms with Gasteiger partial charge in [0.2, 0.25) is 0 Å². The summed E-state index contributed by atoms with van der Waals surface area (Å²) in [6.45, 7) is -0.143. The largest absolute Gasteiger partial charge is 0.296 e. The molecule has 0 aliphatic carbocycles. The van der Waals surface area contributed by atoms with E-state index in [0.717, 1.165) is 0 Å². The van der Waals surface area contributed by atoms with E-state index >= 15 is 0 Å². The third-order valence-corrected chi connectivity index (χ3v) is 9.24. The molecule has 3 aromatic rings. The van der Waals surface area contributed by atoms with Gasteiger partial charge in [-0.25, -0.2) is 0 Å². The van der Waals surface area contributed by atoms with Gasteiger partial charge in [0.05, 0.1) is 34.5 Å². The molecular weight excluding hydrogens is 528 g/mol. The lowest BCUT2D eigenvalue weighted by Gasteiger charge is -2.31. The molecule has 3 aromatic carbocycles. The summed E-state index contributed by atoms with van der Waals surface area (Å²) in [7, 11) is -12.7. The van der Waals surface area contributed by atoms with Crippen molar-refractivity contribution in [2.75, 3.05) is 19.8 Å². The molecule has 9 nitrogen and oxygen atoms in total. The Balaban J connectivity index is 1.86. The number of rotatable bonds is 13. The Bertz CT molecular complexity index is 1260. The van der Waals surface area contributed by atoms with Crippen molar-refractivity contribution < 1.29 is 37.8 Å². The Hall–Kier alpha value is -2.61. The summed E-state index contributed by atoms with van der Waals surface area (Å²) in [4.78, 5) is -0.318. The van der Waals surface area contributed by atoms with Crippen LogP contribution in [-0.4, -0.2) is 45.1 Å². The molecule has 194 valence electrons. The molecule has 0 aromatic heterocycles. The van der Waals surface area contributed by atoms with Crippen LogP contribution in [0.5, 0.6) is 0 Å². The smallest absolute Gasteiger partial charge is 0.266 e. The summed E-state index contributed by atoms with van der Waals surface area (Å²) in [6, 6.07) is 22.1. The van der Waals surface area contributed by atoms with E-state index in [1.165, 1.54) is 72.8 Å². The highest BCUT2D eigenvalue weighted by Crippen LogP contribution is 2.29. The van der Waals surface area contributed by atoms with Crippen molar-refractivity contribution >= 4 is 30.4 Å². The molecule has 0 bridgehead atoms. The maximum atomic E-state index is 12.7. The second kappa shape index (κ2) is 11.6. The van der Waals surface area contributed by atoms with Gasteiger partial charge in [-0.2, -0.15) is 25.3 Å². The molecule has 3 rings (SSSR count). The standard InChI is InChI=1S/C24H26O9S3/c1-2-24(18-31-34(25,26)21-12-6-3-7-13-21,19-32-35(27,28)22-14-8-4-9-15-22)20-33-36(29,30)23-16-10-5-11-17-23/h3-17H,2,18-20H2,1H3. The van der Waals surface area contributed by atoms with Crippen molar-refractivity contribution in [3.8, 4) is 0 Å². The summed E-state index contributed by atoms with van der Waals surface area (Å²) >= 11 is 0. The maximum Gasteiger partial charge on any atom is 0.296 e. The quantitative estimate of drug-likeness (QED) is 0.291. The van der Waals surface area contributed by atoms with E-state index in [0.29, 0.717) is 0 Å². The van der Waals surface area contributed by atoms with Crippen molar-refractivity contribution in [3.63, 3.8) is 0 Å². The van der Waals surface area contributed by atoms with E-state index in [1.54, 1.807) is 25.1 Å². The van der Waals surface area contributed by atoms with E-state index in [2.05, 4.69) is 0 Å². The van der Waals surface area contributed by atoms with Gasteiger partial charge in [-0.3, -0.25) is 12.5 Å². The molecule has 12 heteroatoms. The summed E-state index contributed by atoms with van der Waals surface area (Å²) in [5, 5.41) is 0. The third kappa shape index (κ3) is 7.21. The highest BCUT2D eigenvalue weighted by molar-refractivity contribution is 7.87. The van der Waals surface area contributed by atoms with Crippen LogP contribution in [0.15, 0.2) is 106 Å². The Labute approximate surface area is 212 Å². The van der Waals surface area contributed by atoms with Gasteiger partial charge in [-0.1, -0.05) is 61.5 Å². The van der Waals surface area contributed by atoms with E-state index in [-0.39, 0.29) is 21.1 Å². The van der Waals surface area contributed by atoms with Gasteiger partial charge >= 0.3 is 0 Å². The monoisotopic (exact) mass is 554 g/mol. The van der Waals surface area contributed by atoms with Crippen LogP contribution in [0.25, 0.3) is 0 Å². The normalized spacial score (nSPS) is 12.9. The molecular formula is C24H26O9S3. The predicted octanol–water partition coefficient (Wildman–Crippen LogP) is 3.60. The fourth-order valence-corrected chi connectivity index (χ4v) is 6.10. The average Bonchev–Trinajstić information content (AvgIpc) is 2.90. The molecule has 0 atom stereocenters. The summed E-state index contributed by atoms with van der Waals surface area (Å²) in [5.41, 5.74) is -1.45. The SMILES string of the molecule is CCC(COS(=O)(=O)c1ccccc1)(COS(=O)(=O)c1ccccc1)COS(=O)(=O)c1ccccc1. The first-order chi connectivity index (χ1) is 17.0. The van der Waals surface area contributed by atoms with Crippen molar-refractivity contribution in [2.45, 2.75) is 28.0 Å². The highest BCUT2D eigenvalue weighted by atomic mass is 32.2. The summed E-state index contributed by atoms with van der Waals surface area (Å²) in [6.07, 6.45) is 0.0753. The molecule has 0 amide bonds. The Morgan fingerprint density at radius 3 is 0.972 bits per heavy atom. The van der Waals surface area contributed by atoms with E-state index < -0.39 is 55.6 Å². The first-order valence-electron chi connectivity index (χ1n) is 10.8. The fourth-order valence-electron chi connectivity index (χ4n) is 3.00. The Morgan fingerprint density at radius 2 is 0.750 bits per heavy atom. The molecule has 0 radical (unpaired) electrons. The van der Waals surface area contributed by atoms with Crippen LogP contribution in [0, 0.1) is 5.41 Å². The summed E-state index contributed by atoms with van der Waals surface area (Å²) in [5.74, 6) is 0. The van der Waals surface area contributed by atoms with Gasteiger partial charge in [0.1, 0.15) is 0 Å². The minimum Gasteiger partial charge on any atom is -0.266 e. The van der Waals surface area contributed by atoms with Gasteiger partial charge in [-0.05, 0) is 42.8 Å². The molecule has 0 saturated heterocycles. The van der Waals surface area contributed by atoms with Crippen LogP contribution < -0.4 is 0 Å². The molecule has 0 N–H and O–H groups in total. The van der Waals surface area contributed by atoms with Gasteiger partial charge in [0.15, 0.2) is 0 Å². The minimum atomic E-state index is -4.23. The zero-order valence-corrected chi connectivity index (χ0v) is 21.8. The van der Waals surface area contributed by atoms with Crippen molar-refractivity contribution in [3.05, 3.63) is 91.0 Å². The van der Waals surface area contributed by atoms with Crippen molar-refractivity contribution in [1.29, 1.82) is 0 Å². The zero-order valence-electron chi connectivity index (χ0n) is 19.4. The van der Waals surface area contributed by atoms with Crippen LogP contribution in [0.1, 0.15) is 13.3 Å². The first-order valence-corrected chi connectivity index (χ1v) is 15.1. The fraction of sp³-hybridized carbons (Fsp3) is 0.250. The lowest BCUT2D eigenvalue weighted by molar-refractivity contribution is 0.0364. The topological polar surface area (TPSA) is 130 Å². The molecule has 0 heterocycles. The third-order valence-electron chi connectivity index (χ3n) is 5.41. The number of benzene rings is 3. The molecule has 0 fully saturated rings. The van der Waals surface area contributed by atoms with Gasteiger partial charge in [-0.15, -0.1) is 0 Å². The zero-order chi connectivity index (χ0) is 26.3. The Morgan fingerprint density at radius 1 is 0.500 bits per heavy atom. The van der Waals surface area contributed by atoms with Crippen molar-refractivity contribution in [1.82, 2.24) is 0 Å². The van der Waals surface area contributed by atoms with Crippen molar-refractivity contribution in [2.24, 2.45) is 5.41 Å². The second-order valence-electron chi connectivity index (χ2n) is 7.94. The summed E-state index contributed by atoms with van der Waals surface area (Å²) < 4.78 is 91.9. The van der Waals surface area contributed by atoms with Gasteiger partial charge < -0.3 is 0 Å². The predicted molar refractivity (Wildman–Crippen MR) is 131 cm³/mol. The van der Waals surface area contributed by atoms with E-state index in [1.807, 2.05) is 0 Å². The first kappa shape index (κ1) is 28.0. The second-order valence-corrected chi connectivity index (χ2v) is 12.8. The minimum absolute atomic E-state index is 0.0753. The van der Waals surface area contributed by atoms with Gasteiger partial charge in [0, 0.05) is 5.41 Å². The number of hydrogen-bond acceptors (Lipinski definition) is 9. The highest BCUT2D eigenvalue weighted by Gasteiger charge is 2.36. The molecule has 0 saturated carbocycles. The van der Waals surface area contributed by atoms with E-state index in [9.17, 15) is 25.3 Å². The van der Waals surface area contributed by atoms with E-state index in [4.69, 9.17) is 12.5 Å². The lowest BCUT2D eigenvalue weighted by atomic mass is 9.88. The lowest BCUT2D eigenvalue weighted by Crippen LogP contribution is -2.39. The molecule has 0 spiro atoms. The van der Waals surface area contributed by atoms with Crippen LogP contribution in [0.4, 0.5) is 0 Å². The maximum absolute atomic E-state index is 12.7. The molecule has 0 aliphatic heterocycles. The average molecular weight is 555 g/mol. The van der Waals surface area contributed by atoms with Gasteiger partial charge in [0.25, 0.3) is 30.4 Å². The van der Waals surface area contributed by atoms with Crippen LogP contribution in [-0.2, 0) is 42.9 Å². The molecule has 0 aliphatic rings. The van der Waals surface area contributed by atoms with Crippen LogP contribution in [0.3, 0.4) is 0 Å². The van der Waals surface area contributed by atoms with Crippen LogP contribution in [0.2, 0.25) is 0 Å². The Kier molecular flexibility index (Phi) is 9.03. The van der Waals surface area contributed by atoms with Crippen LogP contribution >= 0.6 is 0 Å². The number of hydrogen-bond donors (Lipinski definition) is 0. The molecule has 36 heavy (non-hydrogen) atoms. The molecule has 0 unspecified atom stereocenters.